The fraction of sp³-hybridized carbons (Fsp3) is 0.917. The van der Waals surface area contributed by atoms with Crippen molar-refractivity contribution in [1.29, 1.82) is 0 Å². The Morgan fingerprint density at radius 1 is 1.16 bits per heavy atom. The Bertz CT molecular complexity index is 288. The van der Waals surface area contributed by atoms with Crippen LogP contribution in [-0.2, 0) is 23.1 Å². The van der Waals surface area contributed by atoms with Gasteiger partial charge in [0.05, 0.1) is 13.2 Å². The molecule has 0 N–H and O–H groups in total. The van der Waals surface area contributed by atoms with Crippen LogP contribution in [0.15, 0.2) is 0 Å². The summed E-state index contributed by atoms with van der Waals surface area (Å²) in [5.41, 5.74) is 0. The summed E-state index contributed by atoms with van der Waals surface area (Å²) in [7, 11) is -3.44. The summed E-state index contributed by atoms with van der Waals surface area (Å²) in [4.78, 5) is 11.3. The summed E-state index contributed by atoms with van der Waals surface area (Å²) < 4.78 is 28.2. The minimum atomic E-state index is -3.44. The zero-order chi connectivity index (χ0) is 14.7. The number of carbonyl (C=O) groups excluding carboxylic acids is 1. The van der Waals surface area contributed by atoms with Gasteiger partial charge in [0, 0.05) is 0 Å². The molecule has 0 aromatic heterocycles. The first kappa shape index (κ1) is 18.9. The fourth-order valence-corrected chi connectivity index (χ4v) is 3.53. The monoisotopic (exact) mass is 314 g/mol. The Hall–Kier alpha value is -0.0900. The van der Waals surface area contributed by atoms with Crippen LogP contribution in [-0.4, -0.2) is 30.9 Å². The van der Waals surface area contributed by atoms with E-state index in [4.69, 9.17) is 25.4 Å². The van der Waals surface area contributed by atoms with Gasteiger partial charge in [0.2, 0.25) is 5.85 Å². The molecule has 19 heavy (non-hydrogen) atoms. The van der Waals surface area contributed by atoms with Gasteiger partial charge < -0.3 is 13.8 Å². The molecule has 0 fully saturated rings. The van der Waals surface area contributed by atoms with Crippen LogP contribution in [0.2, 0.25) is 0 Å². The molecule has 0 radical (unpaired) electrons. The van der Waals surface area contributed by atoms with E-state index in [0.717, 1.165) is 19.3 Å². The van der Waals surface area contributed by atoms with Crippen LogP contribution in [0.5, 0.6) is 0 Å². The Labute approximate surface area is 120 Å². The third kappa shape index (κ3) is 7.31. The highest BCUT2D eigenvalue weighted by molar-refractivity contribution is 7.54. The maximum atomic E-state index is 12.6. The van der Waals surface area contributed by atoms with Crippen LogP contribution in [0.4, 0.5) is 0 Å². The second-order valence-electron chi connectivity index (χ2n) is 3.95. The molecule has 0 heterocycles. The third-order valence-corrected chi connectivity index (χ3v) is 4.93. The van der Waals surface area contributed by atoms with Gasteiger partial charge in [0.15, 0.2) is 0 Å². The molecule has 0 aliphatic rings. The third-order valence-electron chi connectivity index (χ3n) is 2.40. The predicted molar refractivity (Wildman–Crippen MR) is 75.6 cm³/mol. The summed E-state index contributed by atoms with van der Waals surface area (Å²) in [6.45, 7) is 5.97. The summed E-state index contributed by atoms with van der Waals surface area (Å²) in [5, 5.41) is 0. The highest BCUT2D eigenvalue weighted by Crippen LogP contribution is 2.55. The molecule has 0 rings (SSSR count). The van der Waals surface area contributed by atoms with Crippen molar-refractivity contribution in [3.63, 3.8) is 0 Å². The fourth-order valence-electron chi connectivity index (χ4n) is 1.60. The number of ether oxygens (including phenoxy) is 1. The average molecular weight is 315 g/mol. The van der Waals surface area contributed by atoms with Gasteiger partial charge in [-0.25, -0.2) is 0 Å². The van der Waals surface area contributed by atoms with E-state index >= 15 is 0 Å². The van der Waals surface area contributed by atoms with E-state index in [0.29, 0.717) is 6.42 Å². The van der Waals surface area contributed by atoms with E-state index in [9.17, 15) is 9.36 Å². The van der Waals surface area contributed by atoms with Crippen molar-refractivity contribution in [1.82, 2.24) is 0 Å². The summed E-state index contributed by atoms with van der Waals surface area (Å²) in [6.07, 6.45) is 3.23. The highest BCUT2D eigenvalue weighted by Gasteiger charge is 2.38. The average Bonchev–Trinajstić information content (AvgIpc) is 2.38. The molecule has 0 aliphatic carbocycles. The second-order valence-corrected chi connectivity index (χ2v) is 6.39. The summed E-state index contributed by atoms with van der Waals surface area (Å²) in [6, 6.07) is 0. The lowest BCUT2D eigenvalue weighted by Crippen LogP contribution is -2.22. The molecule has 0 unspecified atom stereocenters. The zero-order valence-corrected chi connectivity index (χ0v) is 13.5. The molecule has 0 bridgehead atoms. The zero-order valence-electron chi connectivity index (χ0n) is 11.9. The van der Waals surface area contributed by atoms with Crippen molar-refractivity contribution < 1.29 is 23.1 Å². The molecule has 7 heteroatoms. The number of carbonyl (C=O) groups is 1. The summed E-state index contributed by atoms with van der Waals surface area (Å²) >= 11 is 5.42. The number of esters is 1. The van der Waals surface area contributed by atoms with E-state index in [1.807, 2.05) is 0 Å². The lowest BCUT2D eigenvalue weighted by Gasteiger charge is -2.25. The van der Waals surface area contributed by atoms with Crippen molar-refractivity contribution >= 4 is 25.2 Å². The van der Waals surface area contributed by atoms with Gasteiger partial charge in [0.25, 0.3) is 0 Å². The first-order chi connectivity index (χ1) is 9.03. The van der Waals surface area contributed by atoms with Gasteiger partial charge in [-0.1, -0.05) is 19.8 Å². The predicted octanol–water partition coefficient (Wildman–Crippen LogP) is 3.94. The van der Waals surface area contributed by atoms with Crippen molar-refractivity contribution in [3.05, 3.63) is 0 Å². The molecule has 0 aromatic rings. The Balaban J connectivity index is 4.81. The van der Waals surface area contributed by atoms with Crippen LogP contribution in [0.1, 0.15) is 46.5 Å². The lowest BCUT2D eigenvalue weighted by atomic mass is 10.2. The number of hydrogen-bond donors (Lipinski definition) is 0. The molecule has 0 amide bonds. The molecule has 0 spiro atoms. The second kappa shape index (κ2) is 10.7. The lowest BCUT2D eigenvalue weighted by molar-refractivity contribution is -0.143. The first-order valence-electron chi connectivity index (χ1n) is 6.68. The number of unbranched alkanes of at least 4 members (excludes halogenated alkanes) is 2. The molecule has 0 saturated heterocycles. The summed E-state index contributed by atoms with van der Waals surface area (Å²) in [5.74, 6) is -1.75. The van der Waals surface area contributed by atoms with Crippen LogP contribution < -0.4 is 0 Å². The van der Waals surface area contributed by atoms with Gasteiger partial charge >= 0.3 is 13.6 Å². The van der Waals surface area contributed by atoms with E-state index in [1.54, 1.807) is 13.8 Å². The maximum Gasteiger partial charge on any atom is 0.370 e. The molecule has 1 atom stereocenters. The van der Waals surface area contributed by atoms with E-state index in [1.165, 1.54) is 0 Å². The van der Waals surface area contributed by atoms with Gasteiger partial charge in [-0.15, -0.1) is 11.6 Å². The molecule has 0 aliphatic heterocycles. The van der Waals surface area contributed by atoms with Gasteiger partial charge in [-0.05, 0) is 26.7 Å². The van der Waals surface area contributed by atoms with Gasteiger partial charge in [-0.3, -0.25) is 9.36 Å². The highest BCUT2D eigenvalue weighted by atomic mass is 35.5. The molecular formula is C12H24ClO5P. The topological polar surface area (TPSA) is 61.8 Å². The quantitative estimate of drug-likeness (QED) is 0.250. The minimum absolute atomic E-state index is 0.236. The normalized spacial score (nSPS) is 13.3. The first-order valence-corrected chi connectivity index (χ1v) is 8.82. The molecule has 5 nitrogen and oxygen atoms in total. The standard InChI is InChI=1S/C12H24ClO5P/c1-4-7-8-9-12(18-11(14)10-13)19(15,16-5-2)17-6-3/h12H,4-10H2,1-3H3/t12-/m0/s1. The van der Waals surface area contributed by atoms with Crippen LogP contribution in [0.3, 0.4) is 0 Å². The van der Waals surface area contributed by atoms with E-state index in [-0.39, 0.29) is 19.1 Å². The van der Waals surface area contributed by atoms with E-state index < -0.39 is 19.4 Å². The van der Waals surface area contributed by atoms with Crippen molar-refractivity contribution in [2.45, 2.75) is 52.3 Å². The van der Waals surface area contributed by atoms with Crippen molar-refractivity contribution in [3.8, 4) is 0 Å². The van der Waals surface area contributed by atoms with Crippen LogP contribution in [0.25, 0.3) is 0 Å². The number of alkyl halides is 1. The number of rotatable bonds is 11. The maximum absolute atomic E-state index is 12.6. The number of halogens is 1. The molecule has 114 valence electrons. The van der Waals surface area contributed by atoms with Crippen molar-refractivity contribution in [2.75, 3.05) is 19.1 Å². The largest absolute Gasteiger partial charge is 0.448 e. The SMILES string of the molecule is CCCCC[C@@H](OC(=O)CCl)P(=O)(OCC)OCC. The Morgan fingerprint density at radius 3 is 2.16 bits per heavy atom. The molecule has 0 saturated carbocycles. The van der Waals surface area contributed by atoms with Gasteiger partial charge in [-0.2, -0.15) is 0 Å². The van der Waals surface area contributed by atoms with Crippen LogP contribution in [0, 0.1) is 0 Å². The molecule has 0 aromatic carbocycles. The smallest absolute Gasteiger partial charge is 0.370 e. The number of hydrogen-bond acceptors (Lipinski definition) is 5. The van der Waals surface area contributed by atoms with Crippen molar-refractivity contribution in [2.24, 2.45) is 0 Å². The Morgan fingerprint density at radius 2 is 1.74 bits per heavy atom. The van der Waals surface area contributed by atoms with Gasteiger partial charge in [0.1, 0.15) is 5.88 Å². The van der Waals surface area contributed by atoms with Crippen LogP contribution >= 0.6 is 19.2 Å². The molecular weight excluding hydrogens is 291 g/mol. The van der Waals surface area contributed by atoms with E-state index in [2.05, 4.69) is 6.92 Å². The Kier molecular flexibility index (Phi) is 10.6. The minimum Gasteiger partial charge on any atom is -0.448 e.